The normalized spacial score (nSPS) is 23.7. The summed E-state index contributed by atoms with van der Waals surface area (Å²) in [5, 5.41) is 0. The van der Waals surface area contributed by atoms with Crippen LogP contribution >= 0.6 is 0 Å². The summed E-state index contributed by atoms with van der Waals surface area (Å²) in [6, 6.07) is 4.59. The quantitative estimate of drug-likeness (QED) is 0.854. The van der Waals surface area contributed by atoms with Gasteiger partial charge in [0.25, 0.3) is 0 Å². The van der Waals surface area contributed by atoms with Crippen LogP contribution in [0.3, 0.4) is 0 Å². The van der Waals surface area contributed by atoms with Crippen molar-refractivity contribution in [1.82, 2.24) is 9.21 Å². The van der Waals surface area contributed by atoms with E-state index in [1.54, 1.807) is 4.31 Å². The minimum Gasteiger partial charge on any atom is -0.298 e. The third-order valence-electron chi connectivity index (χ3n) is 5.02. The highest BCUT2D eigenvalue weighted by Gasteiger charge is 2.30. The third kappa shape index (κ3) is 3.36. The summed E-state index contributed by atoms with van der Waals surface area (Å²) < 4.78 is 24.9. The van der Waals surface area contributed by atoms with Crippen LogP contribution in [-0.2, 0) is 23.0 Å². The van der Waals surface area contributed by atoms with Gasteiger partial charge in [-0.05, 0) is 49.3 Å². The Morgan fingerprint density at radius 2 is 2.00 bits per heavy atom. The van der Waals surface area contributed by atoms with Crippen molar-refractivity contribution in [2.45, 2.75) is 33.2 Å². The van der Waals surface area contributed by atoms with Gasteiger partial charge in [0.05, 0.1) is 6.26 Å². The van der Waals surface area contributed by atoms with Crippen LogP contribution < -0.4 is 0 Å². The van der Waals surface area contributed by atoms with Gasteiger partial charge >= 0.3 is 0 Å². The van der Waals surface area contributed by atoms with Crippen molar-refractivity contribution in [1.29, 1.82) is 0 Å². The molecule has 1 aromatic carbocycles. The molecule has 1 aromatic rings. The molecule has 1 saturated heterocycles. The summed E-state index contributed by atoms with van der Waals surface area (Å²) in [4.78, 5) is 2.50. The molecule has 0 bridgehead atoms. The van der Waals surface area contributed by atoms with Crippen molar-refractivity contribution < 1.29 is 8.42 Å². The topological polar surface area (TPSA) is 40.6 Å². The molecule has 3 rings (SSSR count). The van der Waals surface area contributed by atoms with Crippen LogP contribution in [-0.4, -0.2) is 50.1 Å². The van der Waals surface area contributed by atoms with Crippen molar-refractivity contribution >= 4 is 10.0 Å². The number of fused-ring (bicyclic) bond motifs is 1. The first-order chi connectivity index (χ1) is 10.3. The second kappa shape index (κ2) is 5.95. The first kappa shape index (κ1) is 16.0. The summed E-state index contributed by atoms with van der Waals surface area (Å²) in [7, 11) is -3.02. The Balaban J connectivity index is 1.64. The van der Waals surface area contributed by atoms with Gasteiger partial charge in [-0.2, -0.15) is 0 Å². The molecule has 2 aliphatic rings. The van der Waals surface area contributed by atoms with Gasteiger partial charge in [0, 0.05) is 32.7 Å². The maximum Gasteiger partial charge on any atom is 0.211 e. The fourth-order valence-corrected chi connectivity index (χ4v) is 4.80. The Morgan fingerprint density at radius 1 is 1.23 bits per heavy atom. The molecule has 0 spiro atoms. The van der Waals surface area contributed by atoms with Crippen LogP contribution in [0, 0.1) is 19.8 Å². The SMILES string of the molecule is Cc1cc(C)c2c(c1)CCN(CC1CCN(S(C)(=O)=O)C1)C2. The molecule has 5 heteroatoms. The highest BCUT2D eigenvalue weighted by Crippen LogP contribution is 2.26. The molecule has 2 aliphatic heterocycles. The molecule has 4 nitrogen and oxygen atoms in total. The Kier molecular flexibility index (Phi) is 4.32. The van der Waals surface area contributed by atoms with Crippen LogP contribution in [0.2, 0.25) is 0 Å². The van der Waals surface area contributed by atoms with Crippen molar-refractivity contribution in [2.75, 3.05) is 32.4 Å². The van der Waals surface area contributed by atoms with Gasteiger partial charge in [-0.3, -0.25) is 4.90 Å². The molecule has 0 amide bonds. The van der Waals surface area contributed by atoms with E-state index in [-0.39, 0.29) is 0 Å². The molecule has 1 fully saturated rings. The minimum atomic E-state index is -3.02. The smallest absolute Gasteiger partial charge is 0.211 e. The second-order valence-corrected chi connectivity index (χ2v) is 8.96. The van der Waals surface area contributed by atoms with E-state index in [0.717, 1.165) is 32.5 Å². The van der Waals surface area contributed by atoms with Crippen molar-refractivity contribution in [2.24, 2.45) is 5.92 Å². The summed E-state index contributed by atoms with van der Waals surface area (Å²) in [5.41, 5.74) is 5.72. The van der Waals surface area contributed by atoms with E-state index in [1.807, 2.05) is 0 Å². The highest BCUT2D eigenvalue weighted by molar-refractivity contribution is 7.88. The molecule has 2 heterocycles. The molecule has 122 valence electrons. The zero-order chi connectivity index (χ0) is 15.9. The number of sulfonamides is 1. The lowest BCUT2D eigenvalue weighted by Crippen LogP contribution is -2.36. The fourth-order valence-electron chi connectivity index (χ4n) is 3.88. The summed E-state index contributed by atoms with van der Waals surface area (Å²) in [5.74, 6) is 0.474. The van der Waals surface area contributed by atoms with Crippen molar-refractivity contribution in [3.63, 3.8) is 0 Å². The molecular weight excluding hydrogens is 296 g/mol. The van der Waals surface area contributed by atoms with Crippen molar-refractivity contribution in [3.8, 4) is 0 Å². The van der Waals surface area contributed by atoms with Gasteiger partial charge < -0.3 is 0 Å². The standard InChI is InChI=1S/C17H26N2O2S/c1-13-8-14(2)17-12-18(6-5-16(17)9-13)10-15-4-7-19(11-15)22(3,20)21/h8-9,15H,4-7,10-12H2,1-3H3. The Bertz CT molecular complexity index is 669. The van der Waals surface area contributed by atoms with E-state index in [4.69, 9.17) is 0 Å². The average molecular weight is 322 g/mol. The van der Waals surface area contributed by atoms with E-state index >= 15 is 0 Å². The third-order valence-corrected chi connectivity index (χ3v) is 6.29. The summed E-state index contributed by atoms with van der Waals surface area (Å²) in [6.45, 7) is 8.86. The van der Waals surface area contributed by atoms with Gasteiger partial charge in [-0.1, -0.05) is 17.7 Å². The summed E-state index contributed by atoms with van der Waals surface area (Å²) >= 11 is 0. The molecule has 0 aromatic heterocycles. The molecular formula is C17H26N2O2S. The largest absolute Gasteiger partial charge is 0.298 e. The number of rotatable bonds is 3. The zero-order valence-corrected chi connectivity index (χ0v) is 14.6. The molecule has 0 aliphatic carbocycles. The number of hydrogen-bond donors (Lipinski definition) is 0. The van der Waals surface area contributed by atoms with E-state index in [9.17, 15) is 8.42 Å². The van der Waals surface area contributed by atoms with Crippen molar-refractivity contribution in [3.05, 3.63) is 34.4 Å². The van der Waals surface area contributed by atoms with E-state index < -0.39 is 10.0 Å². The Hall–Kier alpha value is -0.910. The minimum absolute atomic E-state index is 0.474. The highest BCUT2D eigenvalue weighted by atomic mass is 32.2. The van der Waals surface area contributed by atoms with E-state index in [1.165, 1.54) is 28.5 Å². The van der Waals surface area contributed by atoms with Gasteiger partial charge in [0.1, 0.15) is 0 Å². The number of hydrogen-bond acceptors (Lipinski definition) is 3. The number of benzene rings is 1. The number of nitrogens with zero attached hydrogens (tertiary/aromatic N) is 2. The fraction of sp³-hybridized carbons (Fsp3) is 0.647. The van der Waals surface area contributed by atoms with Gasteiger partial charge in [-0.15, -0.1) is 0 Å². The number of aryl methyl sites for hydroxylation is 2. The first-order valence-electron chi connectivity index (χ1n) is 8.09. The molecule has 0 N–H and O–H groups in total. The van der Waals surface area contributed by atoms with E-state index in [2.05, 4.69) is 30.9 Å². The lowest BCUT2D eigenvalue weighted by molar-refractivity contribution is 0.216. The Labute approximate surface area is 134 Å². The second-order valence-electron chi connectivity index (χ2n) is 6.98. The molecule has 1 unspecified atom stereocenters. The average Bonchev–Trinajstić information content (AvgIpc) is 2.88. The summed E-state index contributed by atoms with van der Waals surface area (Å²) in [6.07, 6.45) is 3.42. The van der Waals surface area contributed by atoms with Crippen LogP contribution in [0.25, 0.3) is 0 Å². The predicted octanol–water partition coefficient (Wildman–Crippen LogP) is 1.94. The molecule has 0 radical (unpaired) electrons. The molecule has 0 saturated carbocycles. The lowest BCUT2D eigenvalue weighted by Gasteiger charge is -2.32. The lowest BCUT2D eigenvalue weighted by atomic mass is 9.93. The van der Waals surface area contributed by atoms with Crippen LogP contribution in [0.15, 0.2) is 12.1 Å². The first-order valence-corrected chi connectivity index (χ1v) is 9.94. The van der Waals surface area contributed by atoms with Gasteiger partial charge in [0.15, 0.2) is 0 Å². The monoisotopic (exact) mass is 322 g/mol. The molecule has 22 heavy (non-hydrogen) atoms. The maximum absolute atomic E-state index is 11.6. The Morgan fingerprint density at radius 3 is 2.68 bits per heavy atom. The molecule has 1 atom stereocenters. The van der Waals surface area contributed by atoms with Crippen LogP contribution in [0.4, 0.5) is 0 Å². The van der Waals surface area contributed by atoms with E-state index in [0.29, 0.717) is 19.0 Å². The predicted molar refractivity (Wildman–Crippen MR) is 89.4 cm³/mol. The van der Waals surface area contributed by atoms with Gasteiger partial charge in [-0.25, -0.2) is 12.7 Å². The van der Waals surface area contributed by atoms with Crippen LogP contribution in [0.5, 0.6) is 0 Å². The maximum atomic E-state index is 11.6. The van der Waals surface area contributed by atoms with Gasteiger partial charge in [0.2, 0.25) is 10.0 Å². The zero-order valence-electron chi connectivity index (χ0n) is 13.8. The van der Waals surface area contributed by atoms with Crippen LogP contribution in [0.1, 0.15) is 28.7 Å².